The third kappa shape index (κ3) is 3.42. The Bertz CT molecular complexity index is 666. The van der Waals surface area contributed by atoms with Crippen LogP contribution < -0.4 is 0 Å². The molecule has 2 aromatic rings. The Kier molecular flexibility index (Phi) is 4.42. The normalized spacial score (nSPS) is 20.8. The Labute approximate surface area is 134 Å². The van der Waals surface area contributed by atoms with E-state index in [1.807, 2.05) is 19.9 Å². The molecule has 3 rings (SSSR count). The van der Waals surface area contributed by atoms with Gasteiger partial charge in [0.1, 0.15) is 18.7 Å². The highest BCUT2D eigenvalue weighted by atomic mass is 16.5. The number of nitrogens with zero attached hydrogens (tertiary/aromatic N) is 5. The Hall–Kier alpha value is -2.22. The molecule has 1 aliphatic heterocycles. The van der Waals surface area contributed by atoms with Crippen LogP contribution in [0, 0.1) is 13.8 Å². The third-order valence-electron chi connectivity index (χ3n) is 4.26. The van der Waals surface area contributed by atoms with Crippen LogP contribution in [0.15, 0.2) is 12.4 Å². The van der Waals surface area contributed by atoms with E-state index < -0.39 is 0 Å². The van der Waals surface area contributed by atoms with Crippen molar-refractivity contribution in [3.8, 4) is 0 Å². The topological polar surface area (TPSA) is 88.9 Å². The summed E-state index contributed by atoms with van der Waals surface area (Å²) in [5, 5.41) is 11.1. The molecule has 1 saturated heterocycles. The number of nitrogens with one attached hydrogen (secondary N) is 1. The van der Waals surface area contributed by atoms with Gasteiger partial charge in [0, 0.05) is 31.8 Å². The Morgan fingerprint density at radius 3 is 3.00 bits per heavy atom. The highest BCUT2D eigenvalue weighted by molar-refractivity contribution is 5.75. The zero-order valence-electron chi connectivity index (χ0n) is 13.7. The van der Waals surface area contributed by atoms with E-state index in [2.05, 4.69) is 20.3 Å². The number of carbonyl (C=O) groups excluding carboxylic acids is 1. The van der Waals surface area contributed by atoms with Crippen LogP contribution in [0.2, 0.25) is 0 Å². The van der Waals surface area contributed by atoms with E-state index in [1.165, 1.54) is 6.33 Å². The number of amides is 1. The van der Waals surface area contributed by atoms with Crippen molar-refractivity contribution in [3.05, 3.63) is 29.6 Å². The molecule has 1 amide bonds. The van der Waals surface area contributed by atoms with E-state index in [-0.39, 0.29) is 24.5 Å². The molecule has 23 heavy (non-hydrogen) atoms. The minimum atomic E-state index is -0.0580. The number of rotatable bonds is 5. The first-order chi connectivity index (χ1) is 11.0. The van der Waals surface area contributed by atoms with Gasteiger partial charge in [0.2, 0.25) is 5.91 Å². The molecule has 8 heteroatoms. The lowest BCUT2D eigenvalue weighted by Crippen LogP contribution is -2.38. The summed E-state index contributed by atoms with van der Waals surface area (Å²) in [6.45, 7) is 5.33. The monoisotopic (exact) mass is 318 g/mol. The molecular formula is C15H22N6O2. The molecule has 2 aromatic heterocycles. The highest BCUT2D eigenvalue weighted by Gasteiger charge is 2.33. The van der Waals surface area contributed by atoms with Crippen molar-refractivity contribution in [2.75, 3.05) is 20.2 Å². The predicted molar refractivity (Wildman–Crippen MR) is 82.8 cm³/mol. The fourth-order valence-electron chi connectivity index (χ4n) is 2.99. The molecule has 1 aliphatic rings. The fraction of sp³-hybridized carbons (Fsp3) is 0.600. The molecular weight excluding hydrogens is 296 g/mol. The van der Waals surface area contributed by atoms with Crippen LogP contribution in [0.5, 0.6) is 0 Å². The number of hydrogen-bond acceptors (Lipinski definition) is 5. The van der Waals surface area contributed by atoms with Gasteiger partial charge in [0.15, 0.2) is 0 Å². The Morgan fingerprint density at radius 1 is 1.52 bits per heavy atom. The summed E-state index contributed by atoms with van der Waals surface area (Å²) in [4.78, 5) is 18.4. The zero-order valence-corrected chi connectivity index (χ0v) is 13.7. The van der Waals surface area contributed by atoms with Crippen LogP contribution in [-0.4, -0.2) is 62.1 Å². The minimum Gasteiger partial charge on any atom is -0.376 e. The third-order valence-corrected chi connectivity index (χ3v) is 4.26. The average Bonchev–Trinajstić information content (AvgIpc) is 3.21. The first kappa shape index (κ1) is 15.7. The maximum atomic E-state index is 12.4. The highest BCUT2D eigenvalue weighted by Crippen LogP contribution is 2.29. The van der Waals surface area contributed by atoms with E-state index in [9.17, 15) is 4.79 Å². The Balaban J connectivity index is 1.60. The quantitative estimate of drug-likeness (QED) is 0.874. The average molecular weight is 318 g/mol. The van der Waals surface area contributed by atoms with Crippen molar-refractivity contribution in [3.63, 3.8) is 0 Å². The van der Waals surface area contributed by atoms with Gasteiger partial charge >= 0.3 is 0 Å². The van der Waals surface area contributed by atoms with Crippen molar-refractivity contribution < 1.29 is 9.53 Å². The summed E-state index contributed by atoms with van der Waals surface area (Å²) in [5.74, 6) is 0.997. The van der Waals surface area contributed by atoms with Gasteiger partial charge in [0.25, 0.3) is 0 Å². The van der Waals surface area contributed by atoms with Gasteiger partial charge in [-0.3, -0.25) is 14.6 Å². The largest absolute Gasteiger partial charge is 0.376 e. The van der Waals surface area contributed by atoms with Crippen molar-refractivity contribution in [2.45, 2.75) is 38.8 Å². The standard InChI is InChI=1S/C15H22N6O2/c1-10-6-11(2)21(19-10)8-14(22)20(3)7-13-12(4-5-23-13)15-16-9-17-18-15/h6,9,12-13H,4-5,7-8H2,1-3H3,(H,16,17,18)/t12-,13-/m1/s1. The summed E-state index contributed by atoms with van der Waals surface area (Å²) < 4.78 is 7.52. The summed E-state index contributed by atoms with van der Waals surface area (Å²) in [6.07, 6.45) is 2.33. The van der Waals surface area contributed by atoms with Gasteiger partial charge in [-0.1, -0.05) is 0 Å². The SMILES string of the molecule is Cc1cc(C)n(CC(=O)N(C)C[C@H]2OCC[C@H]2c2ncn[nH]2)n1. The van der Waals surface area contributed by atoms with Crippen LogP contribution in [0.25, 0.3) is 0 Å². The predicted octanol–water partition coefficient (Wildman–Crippen LogP) is 0.649. The number of H-pyrrole nitrogens is 1. The molecule has 1 N–H and O–H groups in total. The van der Waals surface area contributed by atoms with E-state index in [0.717, 1.165) is 23.6 Å². The number of aromatic nitrogens is 5. The summed E-state index contributed by atoms with van der Waals surface area (Å²) in [5.41, 5.74) is 1.91. The molecule has 0 radical (unpaired) electrons. The molecule has 0 aliphatic carbocycles. The van der Waals surface area contributed by atoms with E-state index in [0.29, 0.717) is 13.2 Å². The van der Waals surface area contributed by atoms with Crippen LogP contribution in [0.4, 0.5) is 0 Å². The van der Waals surface area contributed by atoms with Gasteiger partial charge < -0.3 is 9.64 Å². The minimum absolute atomic E-state index is 0.0167. The molecule has 0 aromatic carbocycles. The van der Waals surface area contributed by atoms with Crippen molar-refractivity contribution >= 4 is 5.91 Å². The van der Waals surface area contributed by atoms with Crippen molar-refractivity contribution in [1.29, 1.82) is 0 Å². The molecule has 3 heterocycles. The lowest BCUT2D eigenvalue weighted by molar-refractivity contribution is -0.132. The van der Waals surface area contributed by atoms with Gasteiger partial charge in [-0.15, -0.1) is 0 Å². The molecule has 8 nitrogen and oxygen atoms in total. The number of aromatic amines is 1. The van der Waals surface area contributed by atoms with Gasteiger partial charge in [-0.2, -0.15) is 10.2 Å². The number of likely N-dealkylation sites (N-methyl/N-ethyl adjacent to an activating group) is 1. The van der Waals surface area contributed by atoms with E-state index in [1.54, 1.807) is 16.6 Å². The maximum Gasteiger partial charge on any atom is 0.244 e. The number of ether oxygens (including phenoxy) is 1. The Morgan fingerprint density at radius 2 is 2.35 bits per heavy atom. The second kappa shape index (κ2) is 6.49. The van der Waals surface area contributed by atoms with E-state index in [4.69, 9.17) is 4.74 Å². The molecule has 0 spiro atoms. The molecule has 124 valence electrons. The molecule has 2 atom stereocenters. The summed E-state index contributed by atoms with van der Waals surface area (Å²) >= 11 is 0. The van der Waals surface area contributed by atoms with Crippen molar-refractivity contribution in [2.24, 2.45) is 0 Å². The smallest absolute Gasteiger partial charge is 0.244 e. The van der Waals surface area contributed by atoms with Gasteiger partial charge in [-0.05, 0) is 26.3 Å². The fourth-order valence-corrected chi connectivity index (χ4v) is 2.99. The van der Waals surface area contributed by atoms with Crippen LogP contribution in [0.1, 0.15) is 29.6 Å². The molecule has 0 unspecified atom stereocenters. The molecule has 1 fully saturated rings. The number of carbonyl (C=O) groups is 1. The second-order valence-corrected chi connectivity index (χ2v) is 6.03. The van der Waals surface area contributed by atoms with Crippen LogP contribution >= 0.6 is 0 Å². The summed E-state index contributed by atoms with van der Waals surface area (Å²) in [6, 6.07) is 1.97. The van der Waals surface area contributed by atoms with Gasteiger partial charge in [-0.25, -0.2) is 4.98 Å². The first-order valence-electron chi connectivity index (χ1n) is 7.76. The second-order valence-electron chi connectivity index (χ2n) is 6.03. The number of aryl methyl sites for hydroxylation is 2. The van der Waals surface area contributed by atoms with Gasteiger partial charge in [0.05, 0.1) is 11.8 Å². The number of hydrogen-bond donors (Lipinski definition) is 1. The maximum absolute atomic E-state index is 12.4. The van der Waals surface area contributed by atoms with Crippen LogP contribution in [-0.2, 0) is 16.1 Å². The summed E-state index contributed by atoms with van der Waals surface area (Å²) in [7, 11) is 1.80. The zero-order chi connectivity index (χ0) is 16.4. The first-order valence-corrected chi connectivity index (χ1v) is 7.76. The molecule has 0 saturated carbocycles. The lowest BCUT2D eigenvalue weighted by Gasteiger charge is -2.24. The van der Waals surface area contributed by atoms with E-state index >= 15 is 0 Å². The lowest BCUT2D eigenvalue weighted by atomic mass is 10.0. The van der Waals surface area contributed by atoms with Crippen LogP contribution in [0.3, 0.4) is 0 Å². The molecule has 0 bridgehead atoms. The van der Waals surface area contributed by atoms with Crippen molar-refractivity contribution in [1.82, 2.24) is 29.9 Å².